The molecule has 1 fully saturated rings. The average Bonchev–Trinajstić information content (AvgIpc) is 1.53. The van der Waals surface area contributed by atoms with Crippen molar-refractivity contribution >= 4 is 194 Å². The number of benzene rings is 12. The Labute approximate surface area is 800 Å². The van der Waals surface area contributed by atoms with Gasteiger partial charge in [0.2, 0.25) is 11.8 Å². The number of ether oxygens (including phenoxy) is 1. The lowest BCUT2D eigenvalue weighted by atomic mass is 10.0. The van der Waals surface area contributed by atoms with Crippen LogP contribution in [-0.4, -0.2) is 89.7 Å². The number of aryl methyl sites for hydroxylation is 2. The Kier molecular flexibility index (Phi) is 31.1. The molecule has 1 atom stereocenters. The van der Waals surface area contributed by atoms with Crippen molar-refractivity contribution in [1.29, 1.82) is 0 Å². The fourth-order valence-electron chi connectivity index (χ4n) is 14.6. The molecule has 0 spiro atoms. The van der Waals surface area contributed by atoms with Gasteiger partial charge in [-0.05, 0) is 264 Å². The van der Waals surface area contributed by atoms with Gasteiger partial charge in [0, 0.05) is 168 Å². The zero-order valence-corrected chi connectivity index (χ0v) is 76.5. The summed E-state index contributed by atoms with van der Waals surface area (Å²) in [5.41, 5.74) is 12.5. The van der Waals surface area contributed by atoms with Crippen LogP contribution < -0.4 is 42.5 Å². The van der Waals surface area contributed by atoms with Gasteiger partial charge in [-0.3, -0.25) is 63.0 Å². The van der Waals surface area contributed by atoms with Crippen LogP contribution in [-0.2, 0) is 32.6 Å². The molecule has 0 radical (unpaired) electrons. The van der Waals surface area contributed by atoms with E-state index in [1.807, 2.05) is 164 Å². The van der Waals surface area contributed by atoms with Crippen molar-refractivity contribution in [3.63, 3.8) is 0 Å². The maximum absolute atomic E-state index is 12.9. The van der Waals surface area contributed by atoms with E-state index in [-0.39, 0.29) is 53.4 Å². The second-order valence-electron chi connectivity index (χ2n) is 30.8. The smallest absolute Gasteiger partial charge is 0.276 e. The van der Waals surface area contributed by atoms with E-state index in [9.17, 15) is 38.4 Å². The molecule has 28 heteroatoms. The molecule has 8 N–H and O–H groups in total. The van der Waals surface area contributed by atoms with Crippen LogP contribution in [0.3, 0.4) is 0 Å². The predicted molar refractivity (Wildman–Crippen MR) is 542 cm³/mol. The first kappa shape index (κ1) is 93.7. The van der Waals surface area contributed by atoms with E-state index < -0.39 is 0 Å². The van der Waals surface area contributed by atoms with Crippen LogP contribution in [0.5, 0.6) is 0 Å². The van der Waals surface area contributed by atoms with Gasteiger partial charge < -0.3 is 47.3 Å². The predicted octanol–water partition coefficient (Wildman–Crippen LogP) is 24.9. The number of nitrogens with zero attached hydrogens (tertiary/aromatic N) is 6. The first-order valence-electron chi connectivity index (χ1n) is 42.5. The van der Waals surface area contributed by atoms with E-state index in [0.717, 1.165) is 89.4 Å². The summed E-state index contributed by atoms with van der Waals surface area (Å²) in [7, 11) is 1.74. The summed E-state index contributed by atoms with van der Waals surface area (Å²) in [6, 6.07) is 93.5. The summed E-state index contributed by atoms with van der Waals surface area (Å²) in [5.74, 6) is -1.75. The molecule has 0 saturated carbocycles. The zero-order chi connectivity index (χ0) is 94.3. The number of fused-ring (bicyclic) bond motifs is 4. The van der Waals surface area contributed by atoms with Gasteiger partial charge in [0.05, 0.1) is 38.6 Å². The third-order valence-electron chi connectivity index (χ3n) is 21.2. The largest absolute Gasteiger partial charge is 0.368 e. The van der Waals surface area contributed by atoms with E-state index >= 15 is 0 Å². The lowest BCUT2D eigenvalue weighted by molar-refractivity contribution is -0.124. The van der Waals surface area contributed by atoms with E-state index in [4.69, 9.17) is 51.1 Å². The molecule has 7 heterocycles. The molecule has 1 saturated heterocycles. The maximum Gasteiger partial charge on any atom is 0.276 e. The minimum Gasteiger partial charge on any atom is -0.368 e. The Hall–Kier alpha value is -15.9. The number of nitrogens with one attached hydrogen (secondary N) is 8. The van der Waals surface area contributed by atoms with E-state index in [1.165, 1.54) is 17.7 Å². The lowest BCUT2D eigenvalue weighted by Crippen LogP contribution is -2.26. The van der Waals surface area contributed by atoms with Crippen LogP contribution in [0.25, 0.3) is 76.9 Å². The molecular formula is C107H84Cl4N14O9S. The van der Waals surface area contributed by atoms with Crippen molar-refractivity contribution in [2.24, 2.45) is 7.05 Å². The number of carbonyl (C=O) groups is 8. The highest BCUT2D eigenvalue weighted by Gasteiger charge is 2.25. The molecule has 12 aromatic carbocycles. The van der Waals surface area contributed by atoms with Crippen molar-refractivity contribution in [2.75, 3.05) is 49.1 Å². The molecule has 0 aliphatic carbocycles. The van der Waals surface area contributed by atoms with E-state index in [0.29, 0.717) is 107 Å². The highest BCUT2D eigenvalue weighted by atomic mass is 35.5. The minimum absolute atomic E-state index is 0.0969. The van der Waals surface area contributed by atoms with Gasteiger partial charge in [0.25, 0.3) is 35.4 Å². The van der Waals surface area contributed by atoms with Gasteiger partial charge in [0.15, 0.2) is 5.69 Å². The van der Waals surface area contributed by atoms with Gasteiger partial charge in [-0.1, -0.05) is 150 Å². The number of amides is 8. The van der Waals surface area contributed by atoms with Gasteiger partial charge in [-0.15, -0.1) is 11.3 Å². The Morgan fingerprint density at radius 2 is 0.807 bits per heavy atom. The zero-order valence-electron chi connectivity index (χ0n) is 72.7. The topological polar surface area (TPSA) is 311 Å². The average molecular weight is 1880 g/mol. The number of anilines is 8. The SMILES string of the molecule is CC(=O)Nc1ccc(C(=O)Nc2ccc(Cl)c(-c3nccc4ccccc34)c2)c(C)c1.Cn1ccc(C(=O)Nc2ccc(C(=O)Nc3ccc(Cl)c(-c4nccc5ccccc45)c3)cc2)n1.O=C(Cc1cccs1)Nc1ccc(C(=O)Nc2ccc(Cl)c(-c3nccc4ccccc34)c2)cc1.O=C(Nc1ccc(Cl)cc1)c1ccc(NC(=O)C2CCCO2)cc1.c1ccc2cnccc2c1. The summed E-state index contributed by atoms with van der Waals surface area (Å²) in [6.07, 6.45) is 12.2. The standard InChI is InChI=1S/C28H20ClN3O2S.C27H20ClN5O2.C25H20ClN3O2.C18H17ClN2O3.C9H7N/c29-25-12-11-21(16-24(25)27-23-6-2-1-4-18(23)13-14-30-27)32-28(34)19-7-9-20(10-8-19)31-26(33)17-22-5-3-15-35-22;1-33-15-13-24(32-33)27(35)30-19-8-6-18(7-9-19)26(34)31-20-10-11-23(28)22(16-20)25-21-5-3-2-4-17(21)12-14-29-25;1-15-13-18(28-16(2)30)7-9-20(15)25(31)29-19-8-10-23(26)22(14-19)24-21-6-4-3-5-17(21)11-12-27-24;19-13-5-9-15(10-6-13)20-17(22)12-3-7-14(8-4-12)21-18(23)16-2-1-11-24-16;1-2-4-9-7-10-6-5-8(9)3-1/h1-16H,17H2,(H,31,33)(H,32,34);2-16H,1H3,(H,30,35)(H,31,34);3-14H,1-2H3,(H,28,30)(H,29,31);3-10,16H,1-2,11H2,(H,20,22)(H,21,23);1-7H. The van der Waals surface area contributed by atoms with Crippen LogP contribution in [0.2, 0.25) is 20.1 Å². The molecule has 670 valence electrons. The number of halogens is 4. The fourth-order valence-corrected chi connectivity index (χ4v) is 16.0. The molecule has 135 heavy (non-hydrogen) atoms. The Morgan fingerprint density at radius 3 is 1.24 bits per heavy atom. The Bertz CT molecular complexity index is 7310. The highest BCUT2D eigenvalue weighted by Crippen LogP contribution is 2.38. The van der Waals surface area contributed by atoms with Gasteiger partial charge in [-0.25, -0.2) is 0 Å². The molecule has 6 aromatic heterocycles. The summed E-state index contributed by atoms with van der Waals surface area (Å²) in [6.45, 7) is 3.90. The van der Waals surface area contributed by atoms with Crippen LogP contribution in [0.15, 0.2) is 352 Å². The van der Waals surface area contributed by atoms with Crippen LogP contribution in [0, 0.1) is 6.92 Å². The summed E-state index contributed by atoms with van der Waals surface area (Å²) in [4.78, 5) is 117. The number of hydrogen-bond acceptors (Lipinski definition) is 15. The summed E-state index contributed by atoms with van der Waals surface area (Å²) < 4.78 is 6.89. The van der Waals surface area contributed by atoms with E-state index in [1.54, 1.807) is 206 Å². The molecule has 18 aromatic rings. The van der Waals surface area contributed by atoms with Gasteiger partial charge in [-0.2, -0.15) is 5.10 Å². The second-order valence-corrected chi connectivity index (χ2v) is 33.5. The summed E-state index contributed by atoms with van der Waals surface area (Å²) >= 11 is 26.8. The first-order valence-corrected chi connectivity index (χ1v) is 44.9. The molecule has 23 nitrogen and oxygen atoms in total. The molecule has 1 unspecified atom stereocenters. The number of thiophene rings is 1. The normalized spacial score (nSPS) is 11.7. The quantitative estimate of drug-likeness (QED) is 0.0373. The van der Waals surface area contributed by atoms with Crippen molar-refractivity contribution < 1.29 is 43.1 Å². The molecule has 19 rings (SSSR count). The van der Waals surface area contributed by atoms with Crippen molar-refractivity contribution in [2.45, 2.75) is 39.2 Å². The number of carbonyl (C=O) groups excluding carboxylic acids is 8. The van der Waals surface area contributed by atoms with Crippen LogP contribution >= 0.6 is 57.7 Å². The highest BCUT2D eigenvalue weighted by molar-refractivity contribution is 7.10. The molecule has 0 bridgehead atoms. The van der Waals surface area contributed by atoms with Gasteiger partial charge >= 0.3 is 0 Å². The Morgan fingerprint density at radius 1 is 0.400 bits per heavy atom. The van der Waals surface area contributed by atoms with Crippen molar-refractivity contribution in [3.05, 3.63) is 410 Å². The fraction of sp³-hybridized carbons (Fsp3) is 0.0748. The molecule has 1 aliphatic rings. The minimum atomic E-state index is -0.377. The van der Waals surface area contributed by atoms with Crippen molar-refractivity contribution in [1.82, 2.24) is 29.7 Å². The molecule has 8 amide bonds. The summed E-state index contributed by atoms with van der Waals surface area (Å²) in [5, 5.41) is 39.5. The van der Waals surface area contributed by atoms with Gasteiger partial charge in [0.1, 0.15) is 6.10 Å². The monoisotopic (exact) mass is 1880 g/mol. The Balaban J connectivity index is 0.000000133. The number of aromatic nitrogens is 6. The first-order chi connectivity index (χ1) is 65.5. The number of hydrogen-bond donors (Lipinski definition) is 8. The van der Waals surface area contributed by atoms with Crippen LogP contribution in [0.1, 0.15) is 82.1 Å². The lowest BCUT2D eigenvalue weighted by Gasteiger charge is -2.12. The molecule has 1 aliphatic heterocycles. The van der Waals surface area contributed by atoms with E-state index in [2.05, 4.69) is 79.7 Å². The second kappa shape index (κ2) is 44.8. The third-order valence-corrected chi connectivity index (χ3v) is 23.4. The number of rotatable bonds is 19. The molecular weight excluding hydrogens is 1800 g/mol. The maximum atomic E-state index is 12.9. The number of pyridine rings is 4. The third kappa shape index (κ3) is 25.0. The van der Waals surface area contributed by atoms with Crippen molar-refractivity contribution in [3.8, 4) is 33.8 Å². The van der Waals surface area contributed by atoms with Crippen LogP contribution in [0.4, 0.5) is 45.5 Å².